The Morgan fingerprint density at radius 1 is 1.07 bits per heavy atom. The summed E-state index contributed by atoms with van der Waals surface area (Å²) in [6, 6.07) is 15.0. The fraction of sp³-hybridized carbons (Fsp3) is 0.0526. The van der Waals surface area contributed by atoms with Gasteiger partial charge in [0.25, 0.3) is 5.56 Å². The number of benzene rings is 2. The van der Waals surface area contributed by atoms with E-state index >= 15 is 0 Å². The fourth-order valence-corrected chi connectivity index (χ4v) is 3.41. The van der Waals surface area contributed by atoms with Crippen molar-refractivity contribution in [3.05, 3.63) is 75.6 Å². The minimum Gasteiger partial charge on any atom is -0.448 e. The van der Waals surface area contributed by atoms with Crippen LogP contribution in [0.3, 0.4) is 0 Å². The molecule has 5 aromatic rings. The minimum absolute atomic E-state index is 0.107. The molecule has 0 atom stereocenters. The van der Waals surface area contributed by atoms with Gasteiger partial charge in [-0.25, -0.2) is 4.98 Å². The second-order valence-electron chi connectivity index (χ2n) is 5.95. The van der Waals surface area contributed by atoms with Crippen LogP contribution in [-0.4, -0.2) is 19.7 Å². The van der Waals surface area contributed by atoms with Gasteiger partial charge in [-0.2, -0.15) is 4.98 Å². The lowest BCUT2D eigenvalue weighted by Gasteiger charge is -2.00. The normalized spacial score (nSPS) is 11.4. The van der Waals surface area contributed by atoms with Crippen LogP contribution in [0.25, 0.3) is 33.5 Å². The maximum absolute atomic E-state index is 12.8. The molecule has 3 aromatic heterocycles. The van der Waals surface area contributed by atoms with Crippen molar-refractivity contribution in [2.24, 2.45) is 0 Å². The summed E-state index contributed by atoms with van der Waals surface area (Å²) in [6.07, 6.45) is 1.47. The largest absolute Gasteiger partial charge is 0.448 e. The van der Waals surface area contributed by atoms with Crippen molar-refractivity contribution in [1.29, 1.82) is 0 Å². The van der Waals surface area contributed by atoms with Gasteiger partial charge >= 0.3 is 0 Å². The summed E-state index contributed by atoms with van der Waals surface area (Å²) in [6.45, 7) is 0.107. The Bertz CT molecular complexity index is 1350. The molecule has 0 fully saturated rings. The van der Waals surface area contributed by atoms with Crippen LogP contribution in [-0.2, 0) is 6.54 Å². The standard InChI is InChI=1S/C19H11BrN4O3/c20-13-7-3-1-5-11(13)18-22-15(27-23-18)9-24-10-21-16-12-6-2-4-8-14(12)26-17(16)19(24)25/h1-8,10H,9H2. The summed E-state index contributed by atoms with van der Waals surface area (Å²) in [5.41, 5.74) is 1.90. The zero-order valence-corrected chi connectivity index (χ0v) is 15.4. The lowest BCUT2D eigenvalue weighted by atomic mass is 10.2. The molecule has 0 unspecified atom stereocenters. The number of nitrogens with zero attached hydrogens (tertiary/aromatic N) is 4. The van der Waals surface area contributed by atoms with E-state index < -0.39 is 0 Å². The van der Waals surface area contributed by atoms with Gasteiger partial charge in [-0.3, -0.25) is 9.36 Å². The van der Waals surface area contributed by atoms with Crippen LogP contribution < -0.4 is 5.56 Å². The third-order valence-corrected chi connectivity index (χ3v) is 4.93. The topological polar surface area (TPSA) is 87.0 Å². The first kappa shape index (κ1) is 16.0. The van der Waals surface area contributed by atoms with Gasteiger partial charge in [0.05, 0.1) is 6.33 Å². The summed E-state index contributed by atoms with van der Waals surface area (Å²) in [5.74, 6) is 0.753. The molecule has 0 spiro atoms. The molecule has 0 saturated carbocycles. The number of rotatable bonds is 3. The molecular formula is C19H11BrN4O3. The predicted molar refractivity (Wildman–Crippen MR) is 102 cm³/mol. The summed E-state index contributed by atoms with van der Waals surface area (Å²) >= 11 is 3.47. The second-order valence-corrected chi connectivity index (χ2v) is 6.80. The third-order valence-electron chi connectivity index (χ3n) is 4.24. The third kappa shape index (κ3) is 2.65. The van der Waals surface area contributed by atoms with Crippen LogP contribution in [0, 0.1) is 0 Å². The lowest BCUT2D eigenvalue weighted by Crippen LogP contribution is -2.20. The van der Waals surface area contributed by atoms with E-state index in [-0.39, 0.29) is 17.7 Å². The van der Waals surface area contributed by atoms with Gasteiger partial charge in [0.2, 0.25) is 17.3 Å². The molecule has 0 aliphatic carbocycles. The van der Waals surface area contributed by atoms with Crippen LogP contribution >= 0.6 is 15.9 Å². The first-order valence-corrected chi connectivity index (χ1v) is 8.94. The molecule has 8 heteroatoms. The van der Waals surface area contributed by atoms with Gasteiger partial charge in [0.15, 0.2) is 0 Å². The Morgan fingerprint density at radius 2 is 1.89 bits per heavy atom. The lowest BCUT2D eigenvalue weighted by molar-refractivity contribution is 0.369. The Labute approximate surface area is 160 Å². The summed E-state index contributed by atoms with van der Waals surface area (Å²) in [5, 5.41) is 4.81. The Kier molecular flexibility index (Phi) is 3.64. The van der Waals surface area contributed by atoms with Gasteiger partial charge < -0.3 is 8.94 Å². The van der Waals surface area contributed by atoms with Crippen molar-refractivity contribution >= 4 is 38.0 Å². The van der Waals surface area contributed by atoms with Crippen molar-refractivity contribution in [2.75, 3.05) is 0 Å². The zero-order valence-electron chi connectivity index (χ0n) is 13.8. The number of hydrogen-bond acceptors (Lipinski definition) is 6. The van der Waals surface area contributed by atoms with Crippen molar-refractivity contribution in [3.63, 3.8) is 0 Å². The molecule has 7 nitrogen and oxygen atoms in total. The Hall–Kier alpha value is -3.26. The minimum atomic E-state index is -0.295. The zero-order chi connectivity index (χ0) is 18.4. The quantitative estimate of drug-likeness (QED) is 0.436. The summed E-state index contributed by atoms with van der Waals surface area (Å²) < 4.78 is 13.2. The van der Waals surface area contributed by atoms with Crippen molar-refractivity contribution in [3.8, 4) is 11.4 Å². The van der Waals surface area contributed by atoms with Crippen LogP contribution in [0.2, 0.25) is 0 Å². The molecule has 132 valence electrons. The monoisotopic (exact) mass is 422 g/mol. The highest BCUT2D eigenvalue weighted by Gasteiger charge is 2.16. The van der Waals surface area contributed by atoms with Crippen LogP contribution in [0.1, 0.15) is 5.89 Å². The number of furan rings is 1. The van der Waals surface area contributed by atoms with E-state index in [0.29, 0.717) is 22.8 Å². The molecule has 0 saturated heterocycles. The molecule has 0 aliphatic heterocycles. The summed E-state index contributed by atoms with van der Waals surface area (Å²) in [4.78, 5) is 21.5. The molecule has 0 N–H and O–H groups in total. The molecule has 27 heavy (non-hydrogen) atoms. The van der Waals surface area contributed by atoms with Crippen molar-refractivity contribution < 1.29 is 8.94 Å². The molecular weight excluding hydrogens is 412 g/mol. The van der Waals surface area contributed by atoms with Crippen LogP contribution in [0.4, 0.5) is 0 Å². The van der Waals surface area contributed by atoms with E-state index in [1.807, 2.05) is 48.5 Å². The van der Waals surface area contributed by atoms with E-state index in [4.69, 9.17) is 8.94 Å². The van der Waals surface area contributed by atoms with Gasteiger partial charge in [0, 0.05) is 15.4 Å². The van der Waals surface area contributed by atoms with Gasteiger partial charge in [-0.1, -0.05) is 45.4 Å². The fourth-order valence-electron chi connectivity index (χ4n) is 2.94. The molecule has 5 rings (SSSR count). The maximum atomic E-state index is 12.8. The highest BCUT2D eigenvalue weighted by atomic mass is 79.9. The molecule has 3 heterocycles. The Balaban J connectivity index is 1.54. The van der Waals surface area contributed by atoms with Gasteiger partial charge in [0.1, 0.15) is 17.6 Å². The number of fused-ring (bicyclic) bond motifs is 3. The Morgan fingerprint density at radius 3 is 2.78 bits per heavy atom. The van der Waals surface area contributed by atoms with Crippen LogP contribution in [0.5, 0.6) is 0 Å². The summed E-state index contributed by atoms with van der Waals surface area (Å²) in [7, 11) is 0. The highest BCUT2D eigenvalue weighted by molar-refractivity contribution is 9.10. The van der Waals surface area contributed by atoms with E-state index in [2.05, 4.69) is 31.1 Å². The number of para-hydroxylation sites is 1. The molecule has 0 radical (unpaired) electrons. The van der Waals surface area contributed by atoms with E-state index in [1.165, 1.54) is 10.9 Å². The van der Waals surface area contributed by atoms with E-state index in [9.17, 15) is 4.79 Å². The number of halogens is 1. The van der Waals surface area contributed by atoms with E-state index in [0.717, 1.165) is 15.4 Å². The van der Waals surface area contributed by atoms with Gasteiger partial charge in [-0.05, 0) is 24.3 Å². The molecule has 0 aliphatic rings. The second kappa shape index (κ2) is 6.17. The first-order valence-electron chi connectivity index (χ1n) is 8.15. The van der Waals surface area contributed by atoms with Gasteiger partial charge in [-0.15, -0.1) is 0 Å². The SMILES string of the molecule is O=c1c2oc3ccccc3c2ncn1Cc1nc(-c2ccccc2Br)no1. The first-order chi connectivity index (χ1) is 13.2. The average Bonchev–Trinajstić information content (AvgIpc) is 3.29. The average molecular weight is 423 g/mol. The van der Waals surface area contributed by atoms with E-state index in [1.54, 1.807) is 0 Å². The molecule has 0 amide bonds. The van der Waals surface area contributed by atoms with Crippen molar-refractivity contribution in [1.82, 2.24) is 19.7 Å². The van der Waals surface area contributed by atoms with Crippen molar-refractivity contribution in [2.45, 2.75) is 6.54 Å². The smallest absolute Gasteiger partial charge is 0.297 e. The predicted octanol–water partition coefficient (Wildman–Crippen LogP) is 4.00. The number of hydrogen-bond donors (Lipinski definition) is 0. The molecule has 2 aromatic carbocycles. The molecule has 0 bridgehead atoms. The maximum Gasteiger partial charge on any atom is 0.297 e. The number of aromatic nitrogens is 4. The highest BCUT2D eigenvalue weighted by Crippen LogP contribution is 2.26. The van der Waals surface area contributed by atoms with Crippen LogP contribution in [0.15, 0.2) is 73.1 Å².